The second-order valence-corrected chi connectivity index (χ2v) is 8.91. The molecule has 154 valence electrons. The minimum atomic E-state index is -1.13. The number of fused-ring (bicyclic) bond motifs is 1. The Labute approximate surface area is 171 Å². The lowest BCUT2D eigenvalue weighted by Crippen LogP contribution is -2.35. The highest BCUT2D eigenvalue weighted by atomic mass is 16.4. The van der Waals surface area contributed by atoms with E-state index >= 15 is 0 Å². The summed E-state index contributed by atoms with van der Waals surface area (Å²) in [7, 11) is 0. The van der Waals surface area contributed by atoms with Gasteiger partial charge in [-0.1, -0.05) is 46.2 Å². The van der Waals surface area contributed by atoms with Gasteiger partial charge in [0.05, 0.1) is 16.8 Å². The fourth-order valence-corrected chi connectivity index (χ4v) is 3.91. The fraction of sp³-hybridized carbons (Fsp3) is 0.435. The molecular formula is C23H29N3O3. The van der Waals surface area contributed by atoms with Crippen LogP contribution in [0.2, 0.25) is 0 Å². The summed E-state index contributed by atoms with van der Waals surface area (Å²) in [6.07, 6.45) is 1.18. The second-order valence-electron chi connectivity index (χ2n) is 8.91. The number of aromatic nitrogens is 3. The van der Waals surface area contributed by atoms with Crippen molar-refractivity contribution in [1.82, 2.24) is 14.6 Å². The van der Waals surface area contributed by atoms with Crippen LogP contribution in [-0.2, 0) is 15.6 Å². The molecule has 0 aliphatic heterocycles. The molecule has 0 radical (unpaired) electrons. The van der Waals surface area contributed by atoms with Gasteiger partial charge in [0.25, 0.3) is 0 Å². The molecule has 3 aromatic rings. The zero-order valence-corrected chi connectivity index (χ0v) is 17.9. The summed E-state index contributed by atoms with van der Waals surface area (Å²) in [6.45, 7) is 11.8. The number of nitrogens with zero attached hydrogens (tertiary/aromatic N) is 3. The first-order valence-electron chi connectivity index (χ1n) is 9.93. The SMILES string of the molecule is CCCC(C)(C(=O)O)c1c(C)nc2cc(C(C)(C)C)nn2c1-c1cccc(O)c1. The number of aromatic hydroxyl groups is 1. The van der Waals surface area contributed by atoms with Gasteiger partial charge in [0.2, 0.25) is 0 Å². The molecule has 1 aromatic carbocycles. The van der Waals surface area contributed by atoms with Crippen molar-refractivity contribution in [3.8, 4) is 17.0 Å². The van der Waals surface area contributed by atoms with Crippen LogP contribution in [0.25, 0.3) is 16.9 Å². The standard InChI is InChI=1S/C23H29N3O3/c1-7-11-23(6,21(28)29)19-14(2)24-18-13-17(22(3,4)5)25-26(18)20(19)15-9-8-10-16(27)12-15/h8-10,12-13,27H,7,11H2,1-6H3,(H,28,29). The molecule has 1 unspecified atom stereocenters. The van der Waals surface area contributed by atoms with Crippen LogP contribution in [0.3, 0.4) is 0 Å². The first-order valence-corrected chi connectivity index (χ1v) is 9.93. The molecule has 0 amide bonds. The van der Waals surface area contributed by atoms with Crippen molar-refractivity contribution >= 4 is 11.6 Å². The Morgan fingerprint density at radius 2 is 1.86 bits per heavy atom. The Balaban J connectivity index is 2.49. The van der Waals surface area contributed by atoms with Crippen LogP contribution in [0.5, 0.6) is 5.75 Å². The van der Waals surface area contributed by atoms with E-state index in [0.29, 0.717) is 41.0 Å². The number of phenols is 1. The van der Waals surface area contributed by atoms with E-state index < -0.39 is 11.4 Å². The topological polar surface area (TPSA) is 87.7 Å². The number of aryl methyl sites for hydroxylation is 1. The molecule has 3 rings (SSSR count). The van der Waals surface area contributed by atoms with Crippen LogP contribution in [0.1, 0.15) is 64.4 Å². The van der Waals surface area contributed by atoms with Crippen molar-refractivity contribution in [2.75, 3.05) is 0 Å². The molecule has 0 aliphatic carbocycles. The molecule has 0 bridgehead atoms. The van der Waals surface area contributed by atoms with E-state index in [2.05, 4.69) is 20.8 Å². The van der Waals surface area contributed by atoms with Gasteiger partial charge in [0, 0.05) is 28.3 Å². The first-order chi connectivity index (χ1) is 13.5. The summed E-state index contributed by atoms with van der Waals surface area (Å²) in [5.41, 5.74) is 2.89. The molecule has 0 aliphatic rings. The Kier molecular flexibility index (Phi) is 5.15. The lowest BCUT2D eigenvalue weighted by molar-refractivity contribution is -0.143. The molecule has 6 nitrogen and oxygen atoms in total. The van der Waals surface area contributed by atoms with Crippen LogP contribution < -0.4 is 0 Å². The van der Waals surface area contributed by atoms with Crippen LogP contribution in [0, 0.1) is 6.92 Å². The molecule has 29 heavy (non-hydrogen) atoms. The maximum absolute atomic E-state index is 12.4. The van der Waals surface area contributed by atoms with Crippen molar-refractivity contribution in [2.24, 2.45) is 0 Å². The van der Waals surface area contributed by atoms with Crippen molar-refractivity contribution < 1.29 is 15.0 Å². The van der Waals surface area contributed by atoms with Gasteiger partial charge in [0.15, 0.2) is 5.65 Å². The van der Waals surface area contributed by atoms with Gasteiger partial charge in [-0.15, -0.1) is 0 Å². The zero-order chi connectivity index (χ0) is 21.6. The predicted octanol–water partition coefficient (Wildman–Crippen LogP) is 4.85. The predicted molar refractivity (Wildman–Crippen MR) is 113 cm³/mol. The highest BCUT2D eigenvalue weighted by molar-refractivity contribution is 5.85. The van der Waals surface area contributed by atoms with Gasteiger partial charge >= 0.3 is 5.97 Å². The number of rotatable bonds is 5. The third-order valence-electron chi connectivity index (χ3n) is 5.45. The highest BCUT2D eigenvalue weighted by Gasteiger charge is 2.40. The number of carboxylic acid groups (broad SMARTS) is 1. The van der Waals surface area contributed by atoms with Gasteiger partial charge in [-0.05, 0) is 32.4 Å². The quantitative estimate of drug-likeness (QED) is 0.645. The largest absolute Gasteiger partial charge is 0.508 e. The third-order valence-corrected chi connectivity index (χ3v) is 5.45. The summed E-state index contributed by atoms with van der Waals surface area (Å²) < 4.78 is 1.73. The van der Waals surface area contributed by atoms with Crippen LogP contribution in [-0.4, -0.2) is 30.8 Å². The van der Waals surface area contributed by atoms with E-state index in [4.69, 9.17) is 10.1 Å². The highest BCUT2D eigenvalue weighted by Crippen LogP contribution is 2.40. The minimum absolute atomic E-state index is 0.117. The molecular weight excluding hydrogens is 366 g/mol. The van der Waals surface area contributed by atoms with Crippen LogP contribution in [0.15, 0.2) is 30.3 Å². The average Bonchev–Trinajstić information content (AvgIpc) is 3.04. The second kappa shape index (κ2) is 7.17. The van der Waals surface area contributed by atoms with Crippen LogP contribution in [0.4, 0.5) is 0 Å². The van der Waals surface area contributed by atoms with Crippen molar-refractivity contribution in [1.29, 1.82) is 0 Å². The Bertz CT molecular complexity index is 1080. The van der Waals surface area contributed by atoms with E-state index in [9.17, 15) is 15.0 Å². The summed E-state index contributed by atoms with van der Waals surface area (Å²) >= 11 is 0. The van der Waals surface area contributed by atoms with E-state index in [1.54, 1.807) is 29.6 Å². The lowest BCUT2D eigenvalue weighted by atomic mass is 9.76. The molecule has 0 saturated carbocycles. The molecule has 6 heteroatoms. The average molecular weight is 396 g/mol. The van der Waals surface area contributed by atoms with Gasteiger partial charge in [0.1, 0.15) is 5.75 Å². The maximum Gasteiger partial charge on any atom is 0.313 e. The Morgan fingerprint density at radius 1 is 1.17 bits per heavy atom. The van der Waals surface area contributed by atoms with Gasteiger partial charge in [-0.3, -0.25) is 4.79 Å². The van der Waals surface area contributed by atoms with E-state index in [1.165, 1.54) is 0 Å². The molecule has 2 aromatic heterocycles. The number of hydrogen-bond donors (Lipinski definition) is 2. The zero-order valence-electron chi connectivity index (χ0n) is 17.9. The minimum Gasteiger partial charge on any atom is -0.508 e. The first kappa shape index (κ1) is 20.8. The molecule has 1 atom stereocenters. The van der Waals surface area contributed by atoms with Crippen molar-refractivity contribution in [3.05, 3.63) is 47.3 Å². The summed E-state index contributed by atoms with van der Waals surface area (Å²) in [4.78, 5) is 17.1. The third kappa shape index (κ3) is 3.59. The van der Waals surface area contributed by atoms with E-state index in [1.807, 2.05) is 26.0 Å². The molecule has 0 saturated heterocycles. The van der Waals surface area contributed by atoms with Crippen molar-refractivity contribution in [3.63, 3.8) is 0 Å². The molecule has 0 spiro atoms. The Hall–Kier alpha value is -2.89. The number of aliphatic carboxylic acids is 1. The molecule has 0 fully saturated rings. The molecule has 2 heterocycles. The van der Waals surface area contributed by atoms with E-state index in [0.717, 1.165) is 5.69 Å². The van der Waals surface area contributed by atoms with Gasteiger partial charge in [-0.2, -0.15) is 5.10 Å². The smallest absolute Gasteiger partial charge is 0.313 e. The summed E-state index contributed by atoms with van der Waals surface area (Å²) in [5.74, 6) is -0.778. The van der Waals surface area contributed by atoms with Gasteiger partial charge < -0.3 is 10.2 Å². The maximum atomic E-state index is 12.4. The van der Waals surface area contributed by atoms with E-state index in [-0.39, 0.29) is 11.2 Å². The van der Waals surface area contributed by atoms with Crippen molar-refractivity contribution in [2.45, 2.75) is 65.2 Å². The number of carboxylic acids is 1. The fourth-order valence-electron chi connectivity index (χ4n) is 3.91. The Morgan fingerprint density at radius 3 is 2.41 bits per heavy atom. The lowest BCUT2D eigenvalue weighted by Gasteiger charge is -2.29. The van der Waals surface area contributed by atoms with Gasteiger partial charge in [-0.25, -0.2) is 9.50 Å². The number of hydrogen-bond acceptors (Lipinski definition) is 4. The monoisotopic (exact) mass is 395 g/mol. The normalized spacial score (nSPS) is 14.1. The number of phenolic OH excluding ortho intramolecular Hbond substituents is 1. The number of carbonyl (C=O) groups is 1. The number of benzene rings is 1. The van der Waals surface area contributed by atoms with Crippen LogP contribution >= 0.6 is 0 Å². The summed E-state index contributed by atoms with van der Waals surface area (Å²) in [6, 6.07) is 8.80. The summed E-state index contributed by atoms with van der Waals surface area (Å²) in [5, 5.41) is 25.1. The molecule has 2 N–H and O–H groups in total.